The van der Waals surface area contributed by atoms with E-state index in [1.807, 2.05) is 0 Å². The molecule has 2 rings (SSSR count). The van der Waals surface area contributed by atoms with Gasteiger partial charge < -0.3 is 0 Å². The van der Waals surface area contributed by atoms with E-state index >= 15 is 0 Å². The maximum atomic E-state index is 4.64. The van der Waals surface area contributed by atoms with Gasteiger partial charge in [0, 0.05) is 17.3 Å². The van der Waals surface area contributed by atoms with Gasteiger partial charge in [-0.2, -0.15) is 0 Å². The van der Waals surface area contributed by atoms with E-state index in [9.17, 15) is 0 Å². The fourth-order valence-corrected chi connectivity index (χ4v) is 1.73. The van der Waals surface area contributed by atoms with Crippen LogP contribution in [0.25, 0.3) is 0 Å². The monoisotopic (exact) mass is 173 g/mol. The van der Waals surface area contributed by atoms with Crippen molar-refractivity contribution in [1.82, 2.24) is 0 Å². The smallest absolute Gasteiger partial charge is 0.0475 e. The second-order valence-electron chi connectivity index (χ2n) is 3.93. The van der Waals surface area contributed by atoms with Gasteiger partial charge >= 0.3 is 0 Å². The van der Waals surface area contributed by atoms with Gasteiger partial charge in [0.1, 0.15) is 0 Å². The Morgan fingerprint density at radius 2 is 2.15 bits per heavy atom. The van der Waals surface area contributed by atoms with Crippen LogP contribution in [0.3, 0.4) is 0 Å². The third kappa shape index (κ3) is 1.64. The summed E-state index contributed by atoms with van der Waals surface area (Å²) >= 11 is 0. The molecule has 1 aliphatic carbocycles. The summed E-state index contributed by atoms with van der Waals surface area (Å²) in [7, 11) is 0. The molecule has 0 N–H and O–H groups in total. The summed E-state index contributed by atoms with van der Waals surface area (Å²) in [5, 5.41) is 0. The first-order valence-corrected chi connectivity index (χ1v) is 4.90. The van der Waals surface area contributed by atoms with Gasteiger partial charge in [-0.1, -0.05) is 38.2 Å². The second-order valence-corrected chi connectivity index (χ2v) is 3.93. The second kappa shape index (κ2) is 3.33. The lowest BCUT2D eigenvalue weighted by Crippen LogP contribution is -2.05. The Hall–Kier alpha value is -1.11. The minimum absolute atomic E-state index is 0.535. The fraction of sp³-hybridized carbons (Fsp3) is 0.417. The van der Waals surface area contributed by atoms with Crippen molar-refractivity contribution in [2.75, 3.05) is 0 Å². The Bertz CT molecular complexity index is 316. The average molecular weight is 173 g/mol. The van der Waals surface area contributed by atoms with Crippen LogP contribution in [0, 0.1) is 11.8 Å². The number of allylic oxidation sites excluding steroid dienone is 5. The van der Waals surface area contributed by atoms with Crippen molar-refractivity contribution in [2.24, 2.45) is 16.8 Å². The third-order valence-electron chi connectivity index (χ3n) is 2.58. The molecule has 0 aromatic rings. The number of hydrogen-bond donors (Lipinski definition) is 0. The summed E-state index contributed by atoms with van der Waals surface area (Å²) in [6, 6.07) is 0. The predicted molar refractivity (Wildman–Crippen MR) is 56.7 cm³/mol. The normalized spacial score (nSPS) is 25.6. The van der Waals surface area contributed by atoms with E-state index < -0.39 is 0 Å². The molecule has 0 saturated carbocycles. The Morgan fingerprint density at radius 1 is 1.31 bits per heavy atom. The number of nitrogens with zero attached hydrogens (tertiary/aromatic N) is 1. The maximum Gasteiger partial charge on any atom is 0.0475 e. The number of fused-ring (bicyclic) bond motifs is 1. The Balaban J connectivity index is 2.26. The number of aliphatic imine (C=N–C) groups is 1. The molecule has 0 spiro atoms. The van der Waals surface area contributed by atoms with Crippen LogP contribution in [0.4, 0.5) is 0 Å². The zero-order valence-electron chi connectivity index (χ0n) is 8.20. The lowest BCUT2D eigenvalue weighted by atomic mass is 9.97. The van der Waals surface area contributed by atoms with Crippen molar-refractivity contribution in [1.29, 1.82) is 0 Å². The van der Waals surface area contributed by atoms with Crippen LogP contribution < -0.4 is 0 Å². The summed E-state index contributed by atoms with van der Waals surface area (Å²) in [5.74, 6) is 1.12. The summed E-state index contributed by atoms with van der Waals surface area (Å²) in [6.07, 6.45) is 11.7. The molecule has 1 atom stereocenters. The van der Waals surface area contributed by atoms with Crippen LogP contribution in [-0.4, -0.2) is 5.71 Å². The molecular weight excluding hydrogens is 158 g/mol. The van der Waals surface area contributed by atoms with Crippen molar-refractivity contribution < 1.29 is 0 Å². The summed E-state index contributed by atoms with van der Waals surface area (Å²) < 4.78 is 0. The Labute approximate surface area is 79.6 Å². The topological polar surface area (TPSA) is 12.4 Å². The molecule has 1 aliphatic heterocycles. The van der Waals surface area contributed by atoms with Crippen LogP contribution >= 0.6 is 0 Å². The van der Waals surface area contributed by atoms with E-state index in [-0.39, 0.29) is 0 Å². The average Bonchev–Trinajstić information content (AvgIpc) is 2.38. The molecule has 0 amide bonds. The molecule has 1 unspecified atom stereocenters. The van der Waals surface area contributed by atoms with Gasteiger partial charge in [0.05, 0.1) is 0 Å². The molecule has 1 heteroatoms. The number of hydrogen-bond acceptors (Lipinski definition) is 1. The lowest BCUT2D eigenvalue weighted by molar-refractivity contribution is 0.799. The first kappa shape index (κ1) is 8.49. The molecule has 13 heavy (non-hydrogen) atoms. The van der Waals surface area contributed by atoms with Gasteiger partial charge in [0.15, 0.2) is 0 Å². The van der Waals surface area contributed by atoms with E-state index in [0.29, 0.717) is 11.8 Å². The highest BCUT2D eigenvalue weighted by Crippen LogP contribution is 2.30. The molecule has 1 heterocycles. The van der Waals surface area contributed by atoms with Gasteiger partial charge in [0.25, 0.3) is 0 Å². The maximum absolute atomic E-state index is 4.64. The molecule has 0 radical (unpaired) electrons. The zero-order valence-corrected chi connectivity index (χ0v) is 8.20. The van der Waals surface area contributed by atoms with E-state index in [1.54, 1.807) is 0 Å². The van der Waals surface area contributed by atoms with Crippen molar-refractivity contribution in [2.45, 2.75) is 20.3 Å². The summed E-state index contributed by atoms with van der Waals surface area (Å²) in [5.41, 5.74) is 2.57. The van der Waals surface area contributed by atoms with Crippen molar-refractivity contribution in [3.8, 4) is 0 Å². The standard InChI is InChI=1S/C12H15N/c1-9(2)12-8-10-6-4-3-5-7-11(10)13-12/h3-7,9-10H,8H2,1-2H3. The van der Waals surface area contributed by atoms with Crippen LogP contribution in [0.15, 0.2) is 41.1 Å². The molecule has 1 nitrogen and oxygen atoms in total. The van der Waals surface area contributed by atoms with Crippen LogP contribution in [0.1, 0.15) is 20.3 Å². The van der Waals surface area contributed by atoms with Crippen molar-refractivity contribution >= 4 is 5.71 Å². The van der Waals surface area contributed by atoms with Crippen LogP contribution in [-0.2, 0) is 0 Å². The third-order valence-corrected chi connectivity index (χ3v) is 2.58. The molecule has 0 bridgehead atoms. The van der Waals surface area contributed by atoms with Gasteiger partial charge in [-0.3, -0.25) is 4.99 Å². The zero-order chi connectivity index (χ0) is 9.26. The highest BCUT2D eigenvalue weighted by atomic mass is 14.8. The first-order valence-electron chi connectivity index (χ1n) is 4.90. The molecule has 2 aliphatic rings. The quantitative estimate of drug-likeness (QED) is 0.577. The molecule has 0 saturated heterocycles. The molecule has 0 fully saturated rings. The highest BCUT2D eigenvalue weighted by Gasteiger charge is 2.23. The molecule has 68 valence electrons. The van der Waals surface area contributed by atoms with Crippen LogP contribution in [0.5, 0.6) is 0 Å². The fourth-order valence-electron chi connectivity index (χ4n) is 1.73. The minimum Gasteiger partial charge on any atom is -0.261 e. The predicted octanol–water partition coefficient (Wildman–Crippen LogP) is 3.11. The largest absolute Gasteiger partial charge is 0.261 e. The van der Waals surface area contributed by atoms with E-state index in [4.69, 9.17) is 0 Å². The van der Waals surface area contributed by atoms with Crippen molar-refractivity contribution in [3.63, 3.8) is 0 Å². The van der Waals surface area contributed by atoms with Gasteiger partial charge in [0.2, 0.25) is 0 Å². The highest BCUT2D eigenvalue weighted by molar-refractivity contribution is 5.90. The van der Waals surface area contributed by atoms with Gasteiger partial charge in [-0.05, 0) is 18.4 Å². The molecular formula is C12H15N. The van der Waals surface area contributed by atoms with Gasteiger partial charge in [-0.25, -0.2) is 0 Å². The Morgan fingerprint density at radius 3 is 2.92 bits per heavy atom. The van der Waals surface area contributed by atoms with Crippen LogP contribution in [0.2, 0.25) is 0 Å². The van der Waals surface area contributed by atoms with Crippen molar-refractivity contribution in [3.05, 3.63) is 36.1 Å². The van der Waals surface area contributed by atoms with E-state index in [1.165, 1.54) is 11.4 Å². The SMILES string of the molecule is CC(C)C1=NC2=CC=CC=CC2C1. The Kier molecular flexibility index (Phi) is 2.17. The number of rotatable bonds is 1. The van der Waals surface area contributed by atoms with E-state index in [0.717, 1.165) is 6.42 Å². The first-order chi connectivity index (χ1) is 6.27. The van der Waals surface area contributed by atoms with E-state index in [2.05, 4.69) is 49.2 Å². The van der Waals surface area contributed by atoms with Gasteiger partial charge in [-0.15, -0.1) is 0 Å². The lowest BCUT2D eigenvalue weighted by Gasteiger charge is -2.04. The summed E-state index contributed by atoms with van der Waals surface area (Å²) in [4.78, 5) is 4.64. The molecule has 0 aromatic heterocycles. The minimum atomic E-state index is 0.535. The molecule has 0 aromatic carbocycles. The summed E-state index contributed by atoms with van der Waals surface area (Å²) in [6.45, 7) is 4.42.